The molecule has 1 spiro atoms. The molecule has 164 valence electrons. The molecule has 0 bridgehead atoms. The van der Waals surface area contributed by atoms with Gasteiger partial charge in [0, 0.05) is 30.8 Å². The fraction of sp³-hybridized carbons (Fsp3) is 0.800. The van der Waals surface area contributed by atoms with Crippen molar-refractivity contribution in [2.45, 2.75) is 75.4 Å². The first kappa shape index (κ1) is 20.8. The van der Waals surface area contributed by atoms with Crippen LogP contribution in [0.5, 0.6) is 0 Å². The Morgan fingerprint density at radius 2 is 1.90 bits per heavy atom. The molecule has 30 heavy (non-hydrogen) atoms. The van der Waals surface area contributed by atoms with Crippen molar-refractivity contribution >= 4 is 17.8 Å². The van der Waals surface area contributed by atoms with Gasteiger partial charge in [-0.05, 0) is 45.4 Å². The van der Waals surface area contributed by atoms with Gasteiger partial charge in [-0.25, -0.2) is 13.6 Å². The zero-order valence-corrected chi connectivity index (χ0v) is 17.0. The highest BCUT2D eigenvalue weighted by atomic mass is 19.3. The maximum Gasteiger partial charge on any atom is 0.318 e. The summed E-state index contributed by atoms with van der Waals surface area (Å²) in [5.41, 5.74) is -1.15. The average molecular weight is 423 g/mol. The summed E-state index contributed by atoms with van der Waals surface area (Å²) in [4.78, 5) is 39.0. The van der Waals surface area contributed by atoms with E-state index in [9.17, 15) is 23.2 Å². The van der Waals surface area contributed by atoms with E-state index in [4.69, 9.17) is 5.26 Å². The number of nitrogens with zero attached hydrogens (tertiary/aromatic N) is 2. The predicted octanol–water partition coefficient (Wildman–Crippen LogP) is 1.27. The van der Waals surface area contributed by atoms with Crippen LogP contribution in [0, 0.1) is 22.7 Å². The number of nitriles is 1. The number of amides is 4. The van der Waals surface area contributed by atoms with Crippen molar-refractivity contribution < 1.29 is 23.2 Å². The van der Waals surface area contributed by atoms with Crippen LogP contribution >= 0.6 is 0 Å². The second-order valence-electron chi connectivity index (χ2n) is 9.54. The van der Waals surface area contributed by atoms with Crippen LogP contribution in [-0.4, -0.2) is 59.4 Å². The van der Waals surface area contributed by atoms with E-state index in [1.165, 1.54) is 4.90 Å². The lowest BCUT2D eigenvalue weighted by Crippen LogP contribution is -2.54. The van der Waals surface area contributed by atoms with Crippen molar-refractivity contribution in [1.29, 1.82) is 5.26 Å². The molecular formula is C20H27F2N5O3. The van der Waals surface area contributed by atoms with Crippen LogP contribution in [0.15, 0.2) is 0 Å². The molecule has 1 saturated heterocycles. The molecule has 3 N–H and O–H groups in total. The van der Waals surface area contributed by atoms with Crippen molar-refractivity contribution in [2.75, 3.05) is 13.1 Å². The second kappa shape index (κ2) is 7.06. The Labute approximate surface area is 173 Å². The number of carbonyl (C=O) groups excluding carboxylic acids is 3. The first-order chi connectivity index (χ1) is 14.0. The van der Waals surface area contributed by atoms with Gasteiger partial charge in [0.1, 0.15) is 11.6 Å². The highest BCUT2D eigenvalue weighted by Crippen LogP contribution is 2.53. The van der Waals surface area contributed by atoms with E-state index in [0.29, 0.717) is 32.9 Å². The monoisotopic (exact) mass is 423 g/mol. The van der Waals surface area contributed by atoms with Crippen LogP contribution in [0.25, 0.3) is 0 Å². The molecule has 0 aromatic heterocycles. The molecule has 1 aliphatic heterocycles. The predicted molar refractivity (Wildman–Crippen MR) is 101 cm³/mol. The van der Waals surface area contributed by atoms with Gasteiger partial charge in [-0.3, -0.25) is 9.59 Å². The molecule has 1 heterocycles. The molecule has 4 aliphatic rings. The molecule has 1 unspecified atom stereocenters. The van der Waals surface area contributed by atoms with Crippen LogP contribution in [0.2, 0.25) is 0 Å². The highest BCUT2D eigenvalue weighted by molar-refractivity contribution is 5.88. The molecule has 0 radical (unpaired) electrons. The minimum absolute atomic E-state index is 0.0163. The van der Waals surface area contributed by atoms with Crippen molar-refractivity contribution in [1.82, 2.24) is 20.9 Å². The number of likely N-dealkylation sites (tertiary alicyclic amines) is 1. The fourth-order valence-electron chi connectivity index (χ4n) is 4.15. The van der Waals surface area contributed by atoms with Crippen molar-refractivity contribution in [3.63, 3.8) is 0 Å². The second-order valence-corrected chi connectivity index (χ2v) is 9.54. The van der Waals surface area contributed by atoms with Crippen molar-refractivity contribution in [3.05, 3.63) is 0 Å². The maximum absolute atomic E-state index is 13.7. The van der Waals surface area contributed by atoms with E-state index in [0.717, 1.165) is 25.7 Å². The molecule has 3 saturated carbocycles. The highest BCUT2D eigenvalue weighted by Gasteiger charge is 2.57. The third kappa shape index (κ3) is 4.50. The molecule has 8 nitrogen and oxygen atoms in total. The molecule has 4 amide bonds. The summed E-state index contributed by atoms with van der Waals surface area (Å²) in [6, 6.07) is -0.212. The Morgan fingerprint density at radius 3 is 2.40 bits per heavy atom. The maximum atomic E-state index is 13.7. The Hall–Kier alpha value is -2.44. The molecule has 0 aromatic carbocycles. The number of carbonyl (C=O) groups is 3. The third-order valence-corrected chi connectivity index (χ3v) is 6.60. The van der Waals surface area contributed by atoms with E-state index >= 15 is 0 Å². The number of hydrogen-bond donors (Lipinski definition) is 3. The number of nitrogens with one attached hydrogen (secondary N) is 3. The fourth-order valence-corrected chi connectivity index (χ4v) is 4.15. The third-order valence-electron chi connectivity index (χ3n) is 6.60. The number of urea groups is 1. The number of alkyl halides is 2. The topological polar surface area (TPSA) is 114 Å². The first-order valence-electron chi connectivity index (χ1n) is 10.5. The zero-order valence-electron chi connectivity index (χ0n) is 17.0. The Kier molecular flexibility index (Phi) is 4.90. The van der Waals surface area contributed by atoms with E-state index < -0.39 is 35.9 Å². The van der Waals surface area contributed by atoms with Gasteiger partial charge in [-0.15, -0.1) is 0 Å². The summed E-state index contributed by atoms with van der Waals surface area (Å²) in [5.74, 6) is -3.86. The molecule has 10 heteroatoms. The SMILES string of the molecule is CC(F)(F)C[C@H](NC(=O)N1CC(NC(=O)C2CC2)C2(CC2)C1)C(=O)NC1(C#N)CC1. The van der Waals surface area contributed by atoms with Gasteiger partial charge in [0.25, 0.3) is 0 Å². The summed E-state index contributed by atoms with van der Waals surface area (Å²) < 4.78 is 27.3. The summed E-state index contributed by atoms with van der Waals surface area (Å²) in [6.45, 7) is 1.41. The summed E-state index contributed by atoms with van der Waals surface area (Å²) >= 11 is 0. The number of rotatable bonds is 7. The van der Waals surface area contributed by atoms with Crippen LogP contribution < -0.4 is 16.0 Å². The average Bonchev–Trinajstić information content (AvgIpc) is 3.51. The van der Waals surface area contributed by atoms with Gasteiger partial charge in [0.15, 0.2) is 0 Å². The summed E-state index contributed by atoms with van der Waals surface area (Å²) in [6.07, 6.45) is 3.66. The van der Waals surface area contributed by atoms with Gasteiger partial charge in [0.2, 0.25) is 17.7 Å². The minimum Gasteiger partial charge on any atom is -0.351 e. The molecular weight excluding hydrogens is 396 g/mol. The molecule has 4 fully saturated rings. The van der Waals surface area contributed by atoms with Gasteiger partial charge in [-0.2, -0.15) is 5.26 Å². The Balaban J connectivity index is 1.38. The molecule has 4 rings (SSSR count). The minimum atomic E-state index is -3.16. The largest absolute Gasteiger partial charge is 0.351 e. The number of hydrogen-bond acceptors (Lipinski definition) is 4. The van der Waals surface area contributed by atoms with Gasteiger partial charge in [0.05, 0.1) is 12.1 Å². The van der Waals surface area contributed by atoms with Gasteiger partial charge >= 0.3 is 6.03 Å². The zero-order chi connectivity index (χ0) is 21.7. The first-order valence-corrected chi connectivity index (χ1v) is 10.5. The van der Waals surface area contributed by atoms with Gasteiger partial charge in [-0.1, -0.05) is 0 Å². The Bertz CT molecular complexity index is 793. The standard InChI is InChI=1S/C20H27F2N5O3/c1-18(21,22)8-13(16(29)26-20(10-23)6-7-20)24-17(30)27-9-14(19(11-27)4-5-19)25-15(28)12-2-3-12/h12-14H,2-9,11H2,1H3,(H,24,30)(H,25,28)(H,26,29)/t13-,14?/m0/s1. The smallest absolute Gasteiger partial charge is 0.318 e. The van der Waals surface area contributed by atoms with E-state index in [2.05, 4.69) is 16.0 Å². The van der Waals surface area contributed by atoms with E-state index in [-0.39, 0.29) is 23.3 Å². The van der Waals surface area contributed by atoms with Crippen LogP contribution in [-0.2, 0) is 9.59 Å². The number of halogens is 2. The molecule has 3 aliphatic carbocycles. The van der Waals surface area contributed by atoms with E-state index in [1.807, 2.05) is 6.07 Å². The summed E-state index contributed by atoms with van der Waals surface area (Å²) in [5, 5.41) is 17.1. The van der Waals surface area contributed by atoms with Crippen molar-refractivity contribution in [3.8, 4) is 6.07 Å². The molecule has 0 aromatic rings. The Morgan fingerprint density at radius 1 is 1.23 bits per heavy atom. The lowest BCUT2D eigenvalue weighted by atomic mass is 10.0. The van der Waals surface area contributed by atoms with Crippen LogP contribution in [0.1, 0.15) is 51.9 Å². The summed E-state index contributed by atoms with van der Waals surface area (Å²) in [7, 11) is 0. The normalized spacial score (nSPS) is 26.5. The van der Waals surface area contributed by atoms with Gasteiger partial charge < -0.3 is 20.9 Å². The quantitative estimate of drug-likeness (QED) is 0.572. The lowest BCUT2D eigenvalue weighted by Gasteiger charge is -2.25. The van der Waals surface area contributed by atoms with Crippen LogP contribution in [0.3, 0.4) is 0 Å². The molecule has 2 atom stereocenters. The van der Waals surface area contributed by atoms with E-state index in [1.54, 1.807) is 0 Å². The lowest BCUT2D eigenvalue weighted by molar-refractivity contribution is -0.126. The van der Waals surface area contributed by atoms with Crippen LogP contribution in [0.4, 0.5) is 13.6 Å². The van der Waals surface area contributed by atoms with Crippen molar-refractivity contribution in [2.24, 2.45) is 11.3 Å².